The molecule has 0 aliphatic heterocycles. The number of amides is 2. The monoisotopic (exact) mass is 419 g/mol. The summed E-state index contributed by atoms with van der Waals surface area (Å²) in [5.41, 5.74) is 1.07. The molecular weight excluding hydrogens is 394 g/mol. The molecule has 9 heteroatoms. The minimum absolute atomic E-state index is 0.269. The Labute approximate surface area is 170 Å². The Hall–Kier alpha value is -2.75. The molecule has 0 saturated carbocycles. The van der Waals surface area contributed by atoms with E-state index in [1.54, 1.807) is 54.6 Å². The van der Waals surface area contributed by atoms with Crippen LogP contribution in [0.25, 0.3) is 0 Å². The van der Waals surface area contributed by atoms with Gasteiger partial charge < -0.3 is 15.4 Å². The Bertz CT molecular complexity index is 948. The summed E-state index contributed by atoms with van der Waals surface area (Å²) in [6.07, 6.45) is 1.04. The highest BCUT2D eigenvalue weighted by atomic mass is 32.2. The minimum Gasteiger partial charge on any atom is -0.383 e. The summed E-state index contributed by atoms with van der Waals surface area (Å²) in [6, 6.07) is 14.0. The fourth-order valence-electron chi connectivity index (χ4n) is 2.71. The van der Waals surface area contributed by atoms with E-state index in [4.69, 9.17) is 4.74 Å². The molecular formula is C20H25N3O5S. The first-order valence-electron chi connectivity index (χ1n) is 8.90. The van der Waals surface area contributed by atoms with Gasteiger partial charge in [-0.3, -0.25) is 9.59 Å². The van der Waals surface area contributed by atoms with Crippen LogP contribution in [0.15, 0.2) is 54.6 Å². The second-order valence-corrected chi connectivity index (χ2v) is 8.42. The number of hydrogen-bond donors (Lipinski definition) is 2. The summed E-state index contributed by atoms with van der Waals surface area (Å²) in [5, 5.41) is 5.40. The van der Waals surface area contributed by atoms with Gasteiger partial charge in [-0.2, -0.15) is 4.31 Å². The molecule has 0 saturated heterocycles. The van der Waals surface area contributed by atoms with Crippen molar-refractivity contribution in [1.82, 2.24) is 9.62 Å². The van der Waals surface area contributed by atoms with Gasteiger partial charge in [-0.05, 0) is 17.7 Å². The van der Waals surface area contributed by atoms with Gasteiger partial charge in [0.25, 0.3) is 5.91 Å². The summed E-state index contributed by atoms with van der Waals surface area (Å²) >= 11 is 0. The first kappa shape index (κ1) is 22.5. The van der Waals surface area contributed by atoms with E-state index in [1.165, 1.54) is 14.2 Å². The average Bonchev–Trinajstić information content (AvgIpc) is 2.68. The lowest BCUT2D eigenvalue weighted by Gasteiger charge is -2.26. The topological polar surface area (TPSA) is 105 Å². The van der Waals surface area contributed by atoms with Crippen LogP contribution in [0.5, 0.6) is 0 Å². The van der Waals surface area contributed by atoms with Crippen molar-refractivity contribution in [3.05, 3.63) is 65.7 Å². The van der Waals surface area contributed by atoms with Gasteiger partial charge in [0.2, 0.25) is 15.9 Å². The highest BCUT2D eigenvalue weighted by molar-refractivity contribution is 7.88. The van der Waals surface area contributed by atoms with Gasteiger partial charge in [0, 0.05) is 20.7 Å². The molecule has 2 aromatic rings. The summed E-state index contributed by atoms with van der Waals surface area (Å²) in [5.74, 6) is -0.938. The van der Waals surface area contributed by atoms with Crippen LogP contribution < -0.4 is 10.6 Å². The number of rotatable bonds is 9. The van der Waals surface area contributed by atoms with Crippen LogP contribution in [-0.2, 0) is 19.6 Å². The summed E-state index contributed by atoms with van der Waals surface area (Å²) < 4.78 is 30.1. The van der Waals surface area contributed by atoms with E-state index in [9.17, 15) is 18.0 Å². The molecule has 156 valence electrons. The zero-order chi connectivity index (χ0) is 21.4. The predicted octanol–water partition coefficient (Wildman–Crippen LogP) is 1.63. The van der Waals surface area contributed by atoms with E-state index in [0.29, 0.717) is 18.7 Å². The quantitative estimate of drug-likeness (QED) is 0.601. The lowest BCUT2D eigenvalue weighted by Crippen LogP contribution is -2.38. The van der Waals surface area contributed by atoms with Crippen LogP contribution in [0, 0.1) is 0 Å². The van der Waals surface area contributed by atoms with E-state index in [0.717, 1.165) is 10.6 Å². The number of sulfonamides is 1. The number of ether oxygens (including phenoxy) is 1. The van der Waals surface area contributed by atoms with Crippen LogP contribution in [0.4, 0.5) is 5.69 Å². The molecule has 29 heavy (non-hydrogen) atoms. The number of carbonyl (C=O) groups excluding carboxylic acids is 2. The highest BCUT2D eigenvalue weighted by Gasteiger charge is 2.31. The Morgan fingerprint density at radius 2 is 1.69 bits per heavy atom. The summed E-state index contributed by atoms with van der Waals surface area (Å²) in [4.78, 5) is 25.5. The molecule has 2 rings (SSSR count). The molecule has 0 bridgehead atoms. The van der Waals surface area contributed by atoms with Crippen LogP contribution in [-0.4, -0.2) is 58.1 Å². The van der Waals surface area contributed by atoms with E-state index >= 15 is 0 Å². The second kappa shape index (κ2) is 10.1. The Morgan fingerprint density at radius 1 is 1.07 bits per heavy atom. The Kier molecular flexibility index (Phi) is 7.89. The van der Waals surface area contributed by atoms with Gasteiger partial charge >= 0.3 is 0 Å². The molecule has 0 radical (unpaired) electrons. The molecule has 1 atom stereocenters. The van der Waals surface area contributed by atoms with Gasteiger partial charge in [0.1, 0.15) is 6.04 Å². The number of likely N-dealkylation sites (N-methyl/N-ethyl adjacent to an activating group) is 1. The van der Waals surface area contributed by atoms with Crippen LogP contribution in [0.3, 0.4) is 0 Å². The van der Waals surface area contributed by atoms with Crippen molar-refractivity contribution in [3.8, 4) is 0 Å². The summed E-state index contributed by atoms with van der Waals surface area (Å²) in [6.45, 7) is 0.677. The van der Waals surface area contributed by atoms with Crippen molar-refractivity contribution in [1.29, 1.82) is 0 Å². The molecule has 0 spiro atoms. The second-order valence-electron chi connectivity index (χ2n) is 6.38. The molecule has 2 amide bonds. The first-order chi connectivity index (χ1) is 13.8. The number of nitrogens with zero attached hydrogens (tertiary/aromatic N) is 1. The van der Waals surface area contributed by atoms with Gasteiger partial charge in [0.15, 0.2) is 0 Å². The van der Waals surface area contributed by atoms with Crippen molar-refractivity contribution in [3.63, 3.8) is 0 Å². The van der Waals surface area contributed by atoms with E-state index < -0.39 is 22.0 Å². The number of carbonyl (C=O) groups is 2. The fraction of sp³-hybridized carbons (Fsp3) is 0.300. The zero-order valence-corrected chi connectivity index (χ0v) is 17.4. The van der Waals surface area contributed by atoms with Crippen LogP contribution >= 0.6 is 0 Å². The number of nitrogens with one attached hydrogen (secondary N) is 2. The molecule has 0 aliphatic carbocycles. The van der Waals surface area contributed by atoms with Crippen LogP contribution in [0.2, 0.25) is 0 Å². The van der Waals surface area contributed by atoms with Gasteiger partial charge in [0.05, 0.1) is 24.1 Å². The third kappa shape index (κ3) is 6.11. The SMILES string of the molecule is COCCNC(=O)c1ccccc1NC(=O)[C@@H](c1ccccc1)N(C)S(C)(=O)=O. The number of methoxy groups -OCH3 is 1. The summed E-state index contributed by atoms with van der Waals surface area (Å²) in [7, 11) is -0.776. The largest absolute Gasteiger partial charge is 0.383 e. The van der Waals surface area contributed by atoms with E-state index in [2.05, 4.69) is 10.6 Å². The van der Waals surface area contributed by atoms with Crippen LogP contribution in [0.1, 0.15) is 22.0 Å². The third-order valence-corrected chi connectivity index (χ3v) is 5.53. The number of benzene rings is 2. The third-order valence-electron chi connectivity index (χ3n) is 4.27. The lowest BCUT2D eigenvalue weighted by atomic mass is 10.1. The Morgan fingerprint density at radius 3 is 2.31 bits per heavy atom. The van der Waals surface area contributed by atoms with Crippen molar-refractivity contribution in [2.75, 3.05) is 38.9 Å². The first-order valence-corrected chi connectivity index (χ1v) is 10.8. The fourth-order valence-corrected chi connectivity index (χ4v) is 3.31. The van der Waals surface area contributed by atoms with E-state index in [1.807, 2.05) is 0 Å². The molecule has 0 heterocycles. The molecule has 0 aliphatic rings. The Balaban J connectivity index is 2.32. The maximum Gasteiger partial charge on any atom is 0.253 e. The van der Waals surface area contributed by atoms with E-state index in [-0.39, 0.29) is 17.2 Å². The zero-order valence-electron chi connectivity index (χ0n) is 16.6. The number of hydrogen-bond acceptors (Lipinski definition) is 5. The molecule has 0 aromatic heterocycles. The van der Waals surface area contributed by atoms with Gasteiger partial charge in [-0.25, -0.2) is 8.42 Å². The molecule has 0 unspecified atom stereocenters. The lowest BCUT2D eigenvalue weighted by molar-refractivity contribution is -0.119. The highest BCUT2D eigenvalue weighted by Crippen LogP contribution is 2.25. The van der Waals surface area contributed by atoms with Crippen molar-refractivity contribution >= 4 is 27.5 Å². The normalized spacial score (nSPS) is 12.4. The molecule has 0 fully saturated rings. The molecule has 2 N–H and O–H groups in total. The van der Waals surface area contributed by atoms with Crippen molar-refractivity contribution in [2.45, 2.75) is 6.04 Å². The molecule has 8 nitrogen and oxygen atoms in total. The average molecular weight is 420 g/mol. The molecule has 2 aromatic carbocycles. The van der Waals surface area contributed by atoms with Crippen molar-refractivity contribution < 1.29 is 22.7 Å². The minimum atomic E-state index is -3.65. The maximum atomic E-state index is 13.1. The van der Waals surface area contributed by atoms with Gasteiger partial charge in [-0.15, -0.1) is 0 Å². The maximum absolute atomic E-state index is 13.1. The smallest absolute Gasteiger partial charge is 0.253 e. The number of para-hydroxylation sites is 1. The number of anilines is 1. The van der Waals surface area contributed by atoms with Gasteiger partial charge in [-0.1, -0.05) is 42.5 Å². The predicted molar refractivity (Wildman–Crippen MR) is 111 cm³/mol. The van der Waals surface area contributed by atoms with Crippen molar-refractivity contribution in [2.24, 2.45) is 0 Å². The standard InChI is InChI=1S/C20H25N3O5S/c1-23(29(3,26)27)18(15-9-5-4-6-10-15)20(25)22-17-12-8-7-11-16(17)19(24)21-13-14-28-2/h4-12,18H,13-14H2,1-3H3,(H,21,24)(H,22,25)/t18-/m1/s1.